The van der Waals surface area contributed by atoms with Gasteiger partial charge in [-0.2, -0.15) is 15.1 Å². The van der Waals surface area contributed by atoms with E-state index >= 15 is 0 Å². The lowest BCUT2D eigenvalue weighted by Crippen LogP contribution is -2.46. The molecule has 2 amide bonds. The Labute approximate surface area is 307 Å². The van der Waals surface area contributed by atoms with E-state index in [0.29, 0.717) is 5.39 Å². The van der Waals surface area contributed by atoms with E-state index in [1.165, 1.54) is 18.0 Å². The topological polar surface area (TPSA) is 204 Å². The maximum Gasteiger partial charge on any atom is 0.416 e. The predicted octanol–water partition coefficient (Wildman–Crippen LogP) is 5.10. The fourth-order valence-electron chi connectivity index (χ4n) is 6.89. The van der Waals surface area contributed by atoms with Crippen LogP contribution in [0.3, 0.4) is 0 Å². The lowest BCUT2D eigenvalue weighted by atomic mass is 10.1. The van der Waals surface area contributed by atoms with Gasteiger partial charge in [-0.15, -0.1) is 0 Å². The number of carbonyl (C=O) groups is 2. The van der Waals surface area contributed by atoms with Gasteiger partial charge in [-0.1, -0.05) is 12.8 Å². The third kappa shape index (κ3) is 8.41. The number of hydrogen-bond donors (Lipinski definition) is 2. The molecule has 0 radical (unpaired) electrons. The largest absolute Gasteiger partial charge is 0.443 e. The molecule has 0 bridgehead atoms. The maximum absolute atomic E-state index is 14.3. The van der Waals surface area contributed by atoms with Crippen molar-refractivity contribution < 1.29 is 56.8 Å². The number of ether oxygens (including phenoxy) is 6. The van der Waals surface area contributed by atoms with Crippen LogP contribution >= 0.6 is 19.2 Å². The molecule has 2 aromatic heterocycles. The minimum atomic E-state index is -4.24. The zero-order chi connectivity index (χ0) is 38.1. The second kappa shape index (κ2) is 16.1. The number of halogens is 1. The van der Waals surface area contributed by atoms with Crippen molar-refractivity contribution in [1.82, 2.24) is 25.2 Å². The van der Waals surface area contributed by atoms with Crippen LogP contribution in [0, 0.1) is 0 Å². The third-order valence-electron chi connectivity index (χ3n) is 8.83. The molecular weight excluding hydrogens is 727 g/mol. The number of nitrogens with zero attached hydrogens (tertiary/aromatic N) is 5. The van der Waals surface area contributed by atoms with E-state index in [-0.39, 0.29) is 42.6 Å². The molecule has 0 spiro atoms. The van der Waals surface area contributed by atoms with Crippen LogP contribution in [0.25, 0.3) is 11.0 Å². The first-order chi connectivity index (χ1) is 24.5. The van der Waals surface area contributed by atoms with E-state index in [1.54, 1.807) is 58.8 Å². The summed E-state index contributed by atoms with van der Waals surface area (Å²) >= 11 is 6.54. The average Bonchev–Trinajstić information content (AvgIpc) is 3.84. The molecule has 2 aromatic rings. The Bertz CT molecular complexity index is 1620. The summed E-state index contributed by atoms with van der Waals surface area (Å²) in [5.74, 6) is -1.71. The van der Waals surface area contributed by atoms with E-state index in [9.17, 15) is 19.4 Å². The quantitative estimate of drug-likeness (QED) is 0.105. The summed E-state index contributed by atoms with van der Waals surface area (Å²) in [6.07, 6.45) is 0.391. The Morgan fingerprint density at radius 2 is 1.79 bits per heavy atom. The monoisotopic (exact) mass is 776 g/mol. The zero-order valence-corrected chi connectivity index (χ0v) is 32.5. The molecule has 5 atom stereocenters. The number of rotatable bonds is 15. The van der Waals surface area contributed by atoms with Crippen LogP contribution in [-0.4, -0.2) is 112 Å². The summed E-state index contributed by atoms with van der Waals surface area (Å²) in [4.78, 5) is 36.8. The molecule has 20 heteroatoms. The summed E-state index contributed by atoms with van der Waals surface area (Å²) in [7, 11) is -2.90. The minimum Gasteiger partial charge on any atom is -0.443 e. The van der Waals surface area contributed by atoms with Gasteiger partial charge in [0.2, 0.25) is 16.5 Å². The lowest BCUT2D eigenvalue weighted by Gasteiger charge is -2.38. The van der Waals surface area contributed by atoms with E-state index in [4.69, 9.17) is 49.1 Å². The molecule has 292 valence electrons. The van der Waals surface area contributed by atoms with Gasteiger partial charge < -0.3 is 37.5 Å². The van der Waals surface area contributed by atoms with Crippen LogP contribution in [0.15, 0.2) is 6.20 Å². The number of carbonyl (C=O) groups excluding carboxylic acids is 2. The smallest absolute Gasteiger partial charge is 0.416 e. The molecule has 4 heterocycles. The fraction of sp³-hybridized carbons (Fsp3) is 0.781. The van der Waals surface area contributed by atoms with Gasteiger partial charge in [-0.05, 0) is 72.9 Å². The molecule has 2 saturated heterocycles. The van der Waals surface area contributed by atoms with Crippen molar-refractivity contribution in [2.24, 2.45) is 0 Å². The number of amides is 2. The molecule has 0 aromatic carbocycles. The molecule has 2 N–H and O–H groups in total. The molecular formula is C32H50ClN6O12P. The molecule has 3 fully saturated rings. The molecule has 3 aliphatic rings. The first kappa shape index (κ1) is 40.7. The van der Waals surface area contributed by atoms with Crippen molar-refractivity contribution in [2.45, 2.75) is 128 Å². The van der Waals surface area contributed by atoms with E-state index < -0.39 is 73.9 Å². The summed E-state index contributed by atoms with van der Waals surface area (Å²) in [5, 5.41) is 12.4. The Morgan fingerprint density at radius 1 is 1.13 bits per heavy atom. The average molecular weight is 777 g/mol. The zero-order valence-electron chi connectivity index (χ0n) is 30.8. The second-order valence-corrected chi connectivity index (χ2v) is 17.0. The standard InChI is InChI=1S/C32H50ClN6O12P/c1-9-46-52(43,47-10-2)32(18-44-8,15-22(40)37-42)45-17-21-23-24(50-31(6,7)49-23)27(48-21)39-26-20(16-34-39)25(35-28(33)36-26)38(19-13-11-12-14-19)29(41)51-30(3,4)5/h16,19,21,23-24,27,42H,9-15,17-18H2,1-8H3,(H,37,40)/t21?,23-,24-,27-,32?/m1/s1. The van der Waals surface area contributed by atoms with Crippen LogP contribution in [0.1, 0.15) is 86.8 Å². The van der Waals surface area contributed by atoms with Gasteiger partial charge in [0.05, 0.1) is 44.4 Å². The highest BCUT2D eigenvalue weighted by Crippen LogP contribution is 2.62. The number of hydrogen-bond acceptors (Lipinski definition) is 15. The summed E-state index contributed by atoms with van der Waals surface area (Å²) < 4.78 is 63.6. The van der Waals surface area contributed by atoms with Crippen LogP contribution in [-0.2, 0) is 46.8 Å². The van der Waals surface area contributed by atoms with Crippen LogP contribution in [0.4, 0.5) is 10.6 Å². The molecule has 5 rings (SSSR count). The summed E-state index contributed by atoms with van der Waals surface area (Å²) in [6.45, 7) is 11.3. The third-order valence-corrected chi connectivity index (χ3v) is 11.6. The Hall–Kier alpha value is -2.51. The Morgan fingerprint density at radius 3 is 2.38 bits per heavy atom. The Balaban J connectivity index is 1.52. The van der Waals surface area contributed by atoms with Crippen LogP contribution in [0.2, 0.25) is 5.28 Å². The van der Waals surface area contributed by atoms with Gasteiger partial charge in [0.25, 0.3) is 0 Å². The SMILES string of the molecule is CCOP(=O)(OCC)C(COC)(CC(=O)NO)OCC1O[C@@H](n2ncc3c(N(C(=O)OC(C)(C)C)C4CCCC4)nc(Cl)nc32)[C@@H]2OC(C)(C)O[C@H]12. The minimum absolute atomic E-state index is 0.0322. The molecule has 1 aliphatic carbocycles. The molecule has 2 unspecified atom stereocenters. The van der Waals surface area contributed by atoms with Crippen molar-refractivity contribution in [2.75, 3.05) is 38.4 Å². The van der Waals surface area contributed by atoms with Gasteiger partial charge in [0.1, 0.15) is 23.9 Å². The number of hydroxylamine groups is 1. The van der Waals surface area contributed by atoms with Crippen LogP contribution < -0.4 is 10.4 Å². The van der Waals surface area contributed by atoms with E-state index in [0.717, 1.165) is 25.7 Å². The predicted molar refractivity (Wildman–Crippen MR) is 185 cm³/mol. The van der Waals surface area contributed by atoms with Gasteiger partial charge in [0.15, 0.2) is 23.5 Å². The number of nitrogens with one attached hydrogen (secondary N) is 1. The number of aromatic nitrogens is 4. The second-order valence-electron chi connectivity index (χ2n) is 14.3. The van der Waals surface area contributed by atoms with Crippen molar-refractivity contribution in [3.8, 4) is 0 Å². The molecule has 2 aliphatic heterocycles. The molecule has 52 heavy (non-hydrogen) atoms. The highest BCUT2D eigenvalue weighted by molar-refractivity contribution is 7.55. The van der Waals surface area contributed by atoms with E-state index in [1.807, 2.05) is 0 Å². The van der Waals surface area contributed by atoms with Crippen LogP contribution in [0.5, 0.6) is 0 Å². The molecule has 18 nitrogen and oxygen atoms in total. The number of methoxy groups -OCH3 is 1. The van der Waals surface area contributed by atoms with Gasteiger partial charge in [-0.25, -0.2) is 15.0 Å². The van der Waals surface area contributed by atoms with Gasteiger partial charge in [-0.3, -0.25) is 19.5 Å². The first-order valence-corrected chi connectivity index (χ1v) is 19.3. The lowest BCUT2D eigenvalue weighted by molar-refractivity contribution is -0.207. The number of anilines is 1. The van der Waals surface area contributed by atoms with Crippen molar-refractivity contribution in [3.05, 3.63) is 11.5 Å². The highest BCUT2D eigenvalue weighted by atomic mass is 35.5. The van der Waals surface area contributed by atoms with Crippen molar-refractivity contribution in [1.29, 1.82) is 0 Å². The maximum atomic E-state index is 14.3. The fourth-order valence-corrected chi connectivity index (χ4v) is 9.13. The van der Waals surface area contributed by atoms with Gasteiger partial charge in [0, 0.05) is 13.2 Å². The number of fused-ring (bicyclic) bond motifs is 2. The van der Waals surface area contributed by atoms with E-state index in [2.05, 4.69) is 15.1 Å². The van der Waals surface area contributed by atoms with Gasteiger partial charge >= 0.3 is 13.7 Å². The van der Waals surface area contributed by atoms with Crippen molar-refractivity contribution in [3.63, 3.8) is 0 Å². The normalized spacial score (nSPS) is 24.6. The Kier molecular flexibility index (Phi) is 12.6. The molecule has 1 saturated carbocycles. The van der Waals surface area contributed by atoms with Crippen molar-refractivity contribution >= 4 is 48.0 Å². The first-order valence-electron chi connectivity index (χ1n) is 17.4. The summed E-state index contributed by atoms with van der Waals surface area (Å²) in [6, 6.07) is -0.169. The summed E-state index contributed by atoms with van der Waals surface area (Å²) in [5.41, 5.74) is 1.07. The highest BCUT2D eigenvalue weighted by Gasteiger charge is 2.59.